The molecule has 0 atom stereocenters. The molecule has 3 aromatic rings. The first kappa shape index (κ1) is 18.5. The number of hydrogen-bond acceptors (Lipinski definition) is 3. The van der Waals surface area contributed by atoms with Gasteiger partial charge in [-0.15, -0.1) is 0 Å². The van der Waals surface area contributed by atoms with Crippen LogP contribution in [0.3, 0.4) is 0 Å². The van der Waals surface area contributed by atoms with Crippen molar-refractivity contribution in [2.75, 3.05) is 26.1 Å². The van der Waals surface area contributed by atoms with E-state index in [1.807, 2.05) is 56.7 Å². The van der Waals surface area contributed by atoms with Crippen molar-refractivity contribution in [1.29, 1.82) is 0 Å². The van der Waals surface area contributed by atoms with Gasteiger partial charge in [0.05, 0.1) is 12.8 Å². The largest absolute Gasteiger partial charge is 0.497 e. The van der Waals surface area contributed by atoms with E-state index in [1.165, 1.54) is 5.69 Å². The van der Waals surface area contributed by atoms with Crippen molar-refractivity contribution in [3.8, 4) is 5.75 Å². The molecule has 3 aromatic carbocycles. The minimum absolute atomic E-state index is 0.866. The fourth-order valence-electron chi connectivity index (χ4n) is 2.59. The smallest absolute Gasteiger partial charge is 0.118 e. The molecule has 0 N–H and O–H groups in total. The normalized spacial score (nSPS) is 11.2. The Hall–Kier alpha value is -3.33. The number of hydrogen-bond donors (Lipinski definition) is 0. The van der Waals surface area contributed by atoms with Crippen LogP contribution in [-0.4, -0.2) is 27.4 Å². The van der Waals surface area contributed by atoms with Gasteiger partial charge in [-0.25, -0.2) is 0 Å². The lowest BCUT2D eigenvalue weighted by Crippen LogP contribution is -2.08. The van der Waals surface area contributed by atoms with Gasteiger partial charge in [-0.05, 0) is 53.1 Å². The SMILES string of the molecule is COc1ccc(/C=C/c2ccc(N=Cc3ccc(N(C)C)cc3)cc2)cc1. The minimum atomic E-state index is 0.866. The summed E-state index contributed by atoms with van der Waals surface area (Å²) in [5.74, 6) is 0.866. The summed E-state index contributed by atoms with van der Waals surface area (Å²) in [7, 11) is 5.75. The molecule has 0 aliphatic heterocycles. The predicted molar refractivity (Wildman–Crippen MR) is 116 cm³/mol. The first-order valence-electron chi connectivity index (χ1n) is 8.88. The van der Waals surface area contributed by atoms with Gasteiger partial charge in [0, 0.05) is 26.0 Å². The highest BCUT2D eigenvalue weighted by molar-refractivity contribution is 5.82. The fraction of sp³-hybridized carbons (Fsp3) is 0.125. The third kappa shape index (κ3) is 5.32. The van der Waals surface area contributed by atoms with Gasteiger partial charge in [-0.1, -0.05) is 48.6 Å². The molecule has 0 aliphatic carbocycles. The van der Waals surface area contributed by atoms with Crippen LogP contribution in [0.2, 0.25) is 0 Å². The van der Waals surface area contributed by atoms with Crippen molar-refractivity contribution in [2.24, 2.45) is 4.99 Å². The van der Waals surface area contributed by atoms with Gasteiger partial charge in [-0.3, -0.25) is 4.99 Å². The van der Waals surface area contributed by atoms with Crippen LogP contribution in [-0.2, 0) is 0 Å². The quantitative estimate of drug-likeness (QED) is 0.419. The molecule has 0 spiro atoms. The summed E-state index contributed by atoms with van der Waals surface area (Å²) in [6.07, 6.45) is 6.07. The number of benzene rings is 3. The van der Waals surface area contributed by atoms with E-state index in [4.69, 9.17) is 4.74 Å². The Morgan fingerprint density at radius 2 is 1.22 bits per heavy atom. The lowest BCUT2D eigenvalue weighted by atomic mass is 10.1. The lowest BCUT2D eigenvalue weighted by Gasteiger charge is -2.11. The summed E-state index contributed by atoms with van der Waals surface area (Å²) in [4.78, 5) is 6.64. The van der Waals surface area contributed by atoms with E-state index in [-0.39, 0.29) is 0 Å². The Balaban J connectivity index is 1.63. The summed E-state index contributed by atoms with van der Waals surface area (Å²) in [5, 5.41) is 0. The monoisotopic (exact) mass is 356 g/mol. The second kappa shape index (κ2) is 8.86. The van der Waals surface area contributed by atoms with Crippen molar-refractivity contribution in [1.82, 2.24) is 0 Å². The molecule has 0 heterocycles. The Bertz CT molecular complexity index is 906. The van der Waals surface area contributed by atoms with Gasteiger partial charge < -0.3 is 9.64 Å². The molecule has 3 heteroatoms. The second-order valence-corrected chi connectivity index (χ2v) is 6.44. The maximum Gasteiger partial charge on any atom is 0.118 e. The van der Waals surface area contributed by atoms with E-state index in [0.717, 1.165) is 28.1 Å². The summed E-state index contributed by atoms with van der Waals surface area (Å²) in [6, 6.07) is 24.5. The first-order valence-corrected chi connectivity index (χ1v) is 8.88. The molecule has 0 saturated heterocycles. The van der Waals surface area contributed by atoms with Crippen molar-refractivity contribution >= 4 is 29.7 Å². The highest BCUT2D eigenvalue weighted by Crippen LogP contribution is 2.17. The molecule has 0 radical (unpaired) electrons. The van der Waals surface area contributed by atoms with Crippen molar-refractivity contribution in [2.45, 2.75) is 0 Å². The zero-order valence-electron chi connectivity index (χ0n) is 16.0. The third-order valence-corrected chi connectivity index (χ3v) is 4.25. The number of aliphatic imine (C=N–C) groups is 1. The van der Waals surface area contributed by atoms with Crippen molar-refractivity contribution in [3.05, 3.63) is 89.5 Å². The van der Waals surface area contributed by atoms with Crippen LogP contribution in [0.4, 0.5) is 11.4 Å². The fourth-order valence-corrected chi connectivity index (χ4v) is 2.59. The molecule has 0 saturated carbocycles. The molecule has 3 nitrogen and oxygen atoms in total. The van der Waals surface area contributed by atoms with Crippen LogP contribution >= 0.6 is 0 Å². The molecule has 0 unspecified atom stereocenters. The van der Waals surface area contributed by atoms with Gasteiger partial charge >= 0.3 is 0 Å². The molecule has 0 aromatic heterocycles. The summed E-state index contributed by atoms with van der Waals surface area (Å²) in [5.41, 5.74) is 5.48. The second-order valence-electron chi connectivity index (χ2n) is 6.44. The van der Waals surface area contributed by atoms with E-state index >= 15 is 0 Å². The van der Waals surface area contributed by atoms with E-state index in [2.05, 4.69) is 58.4 Å². The number of nitrogens with zero attached hydrogens (tertiary/aromatic N) is 2. The van der Waals surface area contributed by atoms with Gasteiger partial charge in [0.25, 0.3) is 0 Å². The average molecular weight is 356 g/mol. The lowest BCUT2D eigenvalue weighted by molar-refractivity contribution is 0.415. The van der Waals surface area contributed by atoms with Gasteiger partial charge in [0.1, 0.15) is 5.75 Å². The minimum Gasteiger partial charge on any atom is -0.497 e. The molecule has 0 fully saturated rings. The Kier molecular flexibility index (Phi) is 6.06. The molecular weight excluding hydrogens is 332 g/mol. The van der Waals surface area contributed by atoms with E-state index in [1.54, 1.807) is 7.11 Å². The maximum atomic E-state index is 5.18. The summed E-state index contributed by atoms with van der Waals surface area (Å²) >= 11 is 0. The van der Waals surface area contributed by atoms with Crippen molar-refractivity contribution in [3.63, 3.8) is 0 Å². The van der Waals surface area contributed by atoms with Crippen molar-refractivity contribution < 1.29 is 4.74 Å². The van der Waals surface area contributed by atoms with Crippen LogP contribution in [0.15, 0.2) is 77.8 Å². The molecular formula is C24H24N2O. The molecule has 136 valence electrons. The van der Waals surface area contributed by atoms with Gasteiger partial charge in [0.15, 0.2) is 0 Å². The zero-order chi connectivity index (χ0) is 19.1. The van der Waals surface area contributed by atoms with Crippen LogP contribution in [0.1, 0.15) is 16.7 Å². The Morgan fingerprint density at radius 1 is 0.704 bits per heavy atom. The predicted octanol–water partition coefficient (Wildman–Crippen LogP) is 5.68. The Morgan fingerprint density at radius 3 is 1.74 bits per heavy atom. The van der Waals surface area contributed by atoms with Gasteiger partial charge in [-0.2, -0.15) is 0 Å². The standard InChI is InChI=1S/C24H24N2O/c1-26(2)23-14-8-21(9-15-23)18-25-22-12-6-19(7-13-22)4-5-20-10-16-24(27-3)17-11-20/h4-18H,1-3H3/b5-4+,25-18?. The van der Waals surface area contributed by atoms with Crippen LogP contribution in [0, 0.1) is 0 Å². The van der Waals surface area contributed by atoms with Crippen LogP contribution in [0.25, 0.3) is 12.2 Å². The first-order chi connectivity index (χ1) is 13.1. The number of ether oxygens (including phenoxy) is 1. The summed E-state index contributed by atoms with van der Waals surface area (Å²) in [6.45, 7) is 0. The van der Waals surface area contributed by atoms with E-state index < -0.39 is 0 Å². The number of anilines is 1. The van der Waals surface area contributed by atoms with Crippen LogP contribution < -0.4 is 9.64 Å². The maximum absolute atomic E-state index is 5.18. The highest BCUT2D eigenvalue weighted by Gasteiger charge is 1.95. The average Bonchev–Trinajstić information content (AvgIpc) is 2.72. The molecule has 0 amide bonds. The third-order valence-electron chi connectivity index (χ3n) is 4.25. The topological polar surface area (TPSA) is 24.8 Å². The number of methoxy groups -OCH3 is 1. The number of rotatable bonds is 6. The molecule has 0 aliphatic rings. The molecule has 3 rings (SSSR count). The van der Waals surface area contributed by atoms with E-state index in [0.29, 0.717) is 0 Å². The van der Waals surface area contributed by atoms with Gasteiger partial charge in [0.2, 0.25) is 0 Å². The zero-order valence-corrected chi connectivity index (χ0v) is 16.0. The highest BCUT2D eigenvalue weighted by atomic mass is 16.5. The van der Waals surface area contributed by atoms with Crippen LogP contribution in [0.5, 0.6) is 5.75 Å². The summed E-state index contributed by atoms with van der Waals surface area (Å²) < 4.78 is 5.18. The molecule has 0 bridgehead atoms. The Labute approximate surface area is 161 Å². The molecule has 27 heavy (non-hydrogen) atoms. The van der Waals surface area contributed by atoms with E-state index in [9.17, 15) is 0 Å².